The van der Waals surface area contributed by atoms with Gasteiger partial charge in [0, 0.05) is 13.6 Å². The average Bonchev–Trinajstić information content (AvgIpc) is 3.12. The Morgan fingerprint density at radius 1 is 1.35 bits per heavy atom. The fraction of sp³-hybridized carbons (Fsp3) is 0.625. The van der Waals surface area contributed by atoms with Crippen molar-refractivity contribution < 1.29 is 4.79 Å². The third kappa shape index (κ3) is 3.28. The number of carbonyl (C=O) groups is 1. The van der Waals surface area contributed by atoms with Crippen LogP contribution in [0.15, 0.2) is 12.5 Å². The Balaban J connectivity index is 1.81. The van der Waals surface area contributed by atoms with Gasteiger partial charge in [0.05, 0.1) is 23.5 Å². The molecule has 1 N–H and O–H groups in total. The van der Waals surface area contributed by atoms with Gasteiger partial charge >= 0.3 is 0 Å². The molecule has 2 aromatic rings. The van der Waals surface area contributed by atoms with Crippen LogP contribution in [0.3, 0.4) is 0 Å². The SMILES string of the molecule is CC(C)CC(NC(=O)c1cnn2c1CCCC2)c1ncnn1C. The van der Waals surface area contributed by atoms with Gasteiger partial charge < -0.3 is 5.32 Å². The number of nitrogens with zero attached hydrogens (tertiary/aromatic N) is 5. The van der Waals surface area contributed by atoms with Crippen molar-refractivity contribution in [2.24, 2.45) is 13.0 Å². The van der Waals surface area contributed by atoms with E-state index in [4.69, 9.17) is 0 Å². The predicted molar refractivity (Wildman–Crippen MR) is 85.8 cm³/mol. The van der Waals surface area contributed by atoms with Crippen molar-refractivity contribution in [1.82, 2.24) is 29.9 Å². The third-order valence-corrected chi connectivity index (χ3v) is 4.30. The van der Waals surface area contributed by atoms with E-state index in [9.17, 15) is 4.79 Å². The highest BCUT2D eigenvalue weighted by Gasteiger charge is 2.25. The second kappa shape index (κ2) is 6.52. The van der Waals surface area contributed by atoms with Crippen molar-refractivity contribution in [3.63, 3.8) is 0 Å². The number of amides is 1. The Bertz CT molecular complexity index is 687. The molecule has 7 nitrogen and oxygen atoms in total. The van der Waals surface area contributed by atoms with Crippen molar-refractivity contribution in [1.29, 1.82) is 0 Å². The van der Waals surface area contributed by atoms with Crippen LogP contribution in [0.2, 0.25) is 0 Å². The lowest BCUT2D eigenvalue weighted by atomic mass is 10.0. The zero-order chi connectivity index (χ0) is 16.4. The maximum absolute atomic E-state index is 12.8. The monoisotopic (exact) mass is 316 g/mol. The second-order valence-corrected chi connectivity index (χ2v) is 6.58. The fourth-order valence-electron chi connectivity index (χ4n) is 3.17. The van der Waals surface area contributed by atoms with Crippen LogP contribution in [0.1, 0.15) is 61.0 Å². The molecule has 124 valence electrons. The van der Waals surface area contributed by atoms with Gasteiger partial charge in [0.2, 0.25) is 0 Å². The van der Waals surface area contributed by atoms with E-state index in [1.54, 1.807) is 10.9 Å². The molecule has 2 aromatic heterocycles. The van der Waals surface area contributed by atoms with Crippen LogP contribution < -0.4 is 5.32 Å². The summed E-state index contributed by atoms with van der Waals surface area (Å²) >= 11 is 0. The summed E-state index contributed by atoms with van der Waals surface area (Å²) in [5, 5.41) is 11.6. The molecule has 23 heavy (non-hydrogen) atoms. The van der Waals surface area contributed by atoms with Gasteiger partial charge in [-0.1, -0.05) is 13.8 Å². The highest BCUT2D eigenvalue weighted by atomic mass is 16.1. The topological polar surface area (TPSA) is 77.6 Å². The van der Waals surface area contributed by atoms with Gasteiger partial charge in [-0.15, -0.1) is 0 Å². The van der Waals surface area contributed by atoms with Gasteiger partial charge in [0.25, 0.3) is 5.91 Å². The molecule has 0 spiro atoms. The number of carbonyl (C=O) groups excluding carboxylic acids is 1. The van der Waals surface area contributed by atoms with E-state index in [2.05, 4.69) is 34.3 Å². The van der Waals surface area contributed by atoms with Crippen molar-refractivity contribution in [3.05, 3.63) is 29.6 Å². The average molecular weight is 316 g/mol. The van der Waals surface area contributed by atoms with Crippen molar-refractivity contribution >= 4 is 5.91 Å². The zero-order valence-corrected chi connectivity index (χ0v) is 14.0. The van der Waals surface area contributed by atoms with Crippen LogP contribution in [0.4, 0.5) is 0 Å². The highest BCUT2D eigenvalue weighted by Crippen LogP contribution is 2.22. The number of hydrogen-bond acceptors (Lipinski definition) is 4. The fourth-order valence-corrected chi connectivity index (χ4v) is 3.17. The molecule has 0 aromatic carbocycles. The first-order valence-electron chi connectivity index (χ1n) is 8.25. The second-order valence-electron chi connectivity index (χ2n) is 6.58. The lowest BCUT2D eigenvalue weighted by molar-refractivity contribution is 0.0927. The van der Waals surface area contributed by atoms with Gasteiger partial charge in [-0.25, -0.2) is 4.98 Å². The number of nitrogens with one attached hydrogen (secondary N) is 1. The molecule has 0 fully saturated rings. The molecule has 1 atom stereocenters. The van der Waals surface area contributed by atoms with Gasteiger partial charge in [-0.3, -0.25) is 14.2 Å². The van der Waals surface area contributed by atoms with E-state index in [-0.39, 0.29) is 11.9 Å². The van der Waals surface area contributed by atoms with Crippen molar-refractivity contribution in [2.45, 2.75) is 52.1 Å². The number of fused-ring (bicyclic) bond motifs is 1. The molecule has 0 saturated carbocycles. The van der Waals surface area contributed by atoms with Crippen molar-refractivity contribution in [2.75, 3.05) is 0 Å². The number of rotatable bonds is 5. The normalized spacial score (nSPS) is 15.5. The Labute approximate surface area is 136 Å². The van der Waals surface area contributed by atoms with Crippen LogP contribution in [0, 0.1) is 5.92 Å². The van der Waals surface area contributed by atoms with Crippen molar-refractivity contribution in [3.8, 4) is 0 Å². The molecule has 0 saturated heterocycles. The molecule has 1 amide bonds. The van der Waals surface area contributed by atoms with Crippen LogP contribution in [-0.4, -0.2) is 30.5 Å². The van der Waals surface area contributed by atoms with Gasteiger partial charge in [-0.2, -0.15) is 10.2 Å². The summed E-state index contributed by atoms with van der Waals surface area (Å²) in [6.45, 7) is 5.18. The van der Waals surface area contributed by atoms with Crippen LogP contribution in [-0.2, 0) is 20.0 Å². The predicted octanol–water partition coefficient (Wildman–Crippen LogP) is 1.87. The lowest BCUT2D eigenvalue weighted by Gasteiger charge is -2.20. The summed E-state index contributed by atoms with van der Waals surface area (Å²) in [4.78, 5) is 17.1. The first-order valence-corrected chi connectivity index (χ1v) is 8.25. The Hall–Kier alpha value is -2.18. The summed E-state index contributed by atoms with van der Waals surface area (Å²) < 4.78 is 3.68. The maximum atomic E-state index is 12.8. The van der Waals surface area contributed by atoms with E-state index in [1.807, 2.05) is 11.7 Å². The molecule has 1 aliphatic rings. The minimum absolute atomic E-state index is 0.0678. The smallest absolute Gasteiger partial charge is 0.255 e. The quantitative estimate of drug-likeness (QED) is 0.913. The maximum Gasteiger partial charge on any atom is 0.255 e. The first kappa shape index (κ1) is 15.7. The van der Waals surface area contributed by atoms with Gasteiger partial charge in [-0.05, 0) is 31.6 Å². The van der Waals surface area contributed by atoms with E-state index >= 15 is 0 Å². The molecule has 0 bridgehead atoms. The van der Waals surface area contributed by atoms with E-state index in [1.165, 1.54) is 6.33 Å². The minimum atomic E-state index is -0.144. The molecule has 0 aliphatic carbocycles. The summed E-state index contributed by atoms with van der Waals surface area (Å²) in [5.74, 6) is 1.16. The Morgan fingerprint density at radius 3 is 2.87 bits per heavy atom. The van der Waals surface area contributed by atoms with E-state index in [0.717, 1.165) is 43.7 Å². The Kier molecular flexibility index (Phi) is 4.45. The summed E-state index contributed by atoms with van der Waals surface area (Å²) in [6, 6.07) is -0.144. The van der Waals surface area contributed by atoms with Crippen LogP contribution >= 0.6 is 0 Å². The first-order chi connectivity index (χ1) is 11.1. The Morgan fingerprint density at radius 2 is 2.17 bits per heavy atom. The van der Waals surface area contributed by atoms with Crippen LogP contribution in [0.25, 0.3) is 0 Å². The standard InChI is InChI=1S/C16H24N6O/c1-11(2)8-13(15-17-10-19-21(15)3)20-16(23)12-9-18-22-7-5-4-6-14(12)22/h9-11,13H,4-8H2,1-3H3,(H,20,23). The number of aromatic nitrogens is 5. The van der Waals surface area contributed by atoms with Crippen LogP contribution in [0.5, 0.6) is 0 Å². The molecule has 3 rings (SSSR count). The number of aryl methyl sites for hydroxylation is 2. The van der Waals surface area contributed by atoms with E-state index in [0.29, 0.717) is 11.5 Å². The van der Waals surface area contributed by atoms with Gasteiger partial charge in [0.1, 0.15) is 12.2 Å². The number of hydrogen-bond donors (Lipinski definition) is 1. The minimum Gasteiger partial charge on any atom is -0.342 e. The molecule has 1 unspecified atom stereocenters. The lowest BCUT2D eigenvalue weighted by Crippen LogP contribution is -2.32. The molecule has 1 aliphatic heterocycles. The van der Waals surface area contributed by atoms with Gasteiger partial charge in [0.15, 0.2) is 0 Å². The highest BCUT2D eigenvalue weighted by molar-refractivity contribution is 5.95. The summed E-state index contributed by atoms with van der Waals surface area (Å²) in [7, 11) is 1.85. The summed E-state index contributed by atoms with van der Waals surface area (Å²) in [6.07, 6.45) is 7.20. The molecule has 0 radical (unpaired) electrons. The molecular formula is C16H24N6O. The molecule has 7 heteroatoms. The molecular weight excluding hydrogens is 292 g/mol. The molecule has 3 heterocycles. The third-order valence-electron chi connectivity index (χ3n) is 4.30. The summed E-state index contributed by atoms with van der Waals surface area (Å²) in [5.41, 5.74) is 1.75. The van der Waals surface area contributed by atoms with E-state index < -0.39 is 0 Å². The zero-order valence-electron chi connectivity index (χ0n) is 14.0. The largest absolute Gasteiger partial charge is 0.342 e.